The highest BCUT2D eigenvalue weighted by Crippen LogP contribution is 2.23. The smallest absolute Gasteiger partial charge is 0.260 e. The Balaban J connectivity index is 1.22. The van der Waals surface area contributed by atoms with Gasteiger partial charge in [-0.25, -0.2) is 13.1 Å². The summed E-state index contributed by atoms with van der Waals surface area (Å²) in [6.45, 7) is 1.48. The SMILES string of the molecule is O=C(COc1ccc(S(=O)(=O)NC2CCCCC2)cc1)N1CCC(Cc2ccccc2)CC1. The van der Waals surface area contributed by atoms with Crippen molar-refractivity contribution in [3.63, 3.8) is 0 Å². The molecule has 1 heterocycles. The van der Waals surface area contributed by atoms with E-state index in [9.17, 15) is 13.2 Å². The zero-order chi connectivity index (χ0) is 23.1. The fourth-order valence-electron chi connectivity index (χ4n) is 4.79. The van der Waals surface area contributed by atoms with E-state index < -0.39 is 10.0 Å². The van der Waals surface area contributed by atoms with Gasteiger partial charge in [0.05, 0.1) is 4.90 Å². The number of nitrogens with one attached hydrogen (secondary N) is 1. The van der Waals surface area contributed by atoms with Gasteiger partial charge in [0.15, 0.2) is 6.61 Å². The summed E-state index contributed by atoms with van der Waals surface area (Å²) in [5.41, 5.74) is 1.35. The Bertz CT molecular complexity index is 994. The molecule has 1 aliphatic carbocycles. The molecule has 1 saturated carbocycles. The van der Waals surface area contributed by atoms with Crippen molar-refractivity contribution < 1.29 is 17.9 Å². The molecule has 1 aliphatic heterocycles. The van der Waals surface area contributed by atoms with Crippen LogP contribution in [-0.4, -0.2) is 45.0 Å². The Morgan fingerprint density at radius 1 is 0.909 bits per heavy atom. The number of sulfonamides is 1. The zero-order valence-corrected chi connectivity index (χ0v) is 19.9. The molecule has 1 amide bonds. The molecule has 0 unspecified atom stereocenters. The molecule has 0 aromatic heterocycles. The van der Waals surface area contributed by atoms with Gasteiger partial charge in [-0.3, -0.25) is 4.79 Å². The molecule has 2 aromatic rings. The molecule has 4 rings (SSSR count). The van der Waals surface area contributed by atoms with Crippen LogP contribution in [0.5, 0.6) is 5.75 Å². The maximum Gasteiger partial charge on any atom is 0.260 e. The predicted molar refractivity (Wildman–Crippen MR) is 129 cm³/mol. The van der Waals surface area contributed by atoms with E-state index in [2.05, 4.69) is 29.0 Å². The van der Waals surface area contributed by atoms with Gasteiger partial charge in [-0.15, -0.1) is 0 Å². The van der Waals surface area contributed by atoms with Gasteiger partial charge in [0.25, 0.3) is 5.91 Å². The third-order valence-corrected chi connectivity index (χ3v) is 8.29. The molecule has 1 N–H and O–H groups in total. The molecular formula is C26H34N2O4S. The molecule has 0 spiro atoms. The van der Waals surface area contributed by atoms with Gasteiger partial charge in [-0.05, 0) is 67.9 Å². The highest BCUT2D eigenvalue weighted by Gasteiger charge is 2.24. The van der Waals surface area contributed by atoms with Gasteiger partial charge in [-0.2, -0.15) is 0 Å². The minimum atomic E-state index is -3.53. The highest BCUT2D eigenvalue weighted by atomic mass is 32.2. The first kappa shape index (κ1) is 23.8. The minimum absolute atomic E-state index is 0.0223. The molecule has 6 nitrogen and oxygen atoms in total. The first-order valence-corrected chi connectivity index (χ1v) is 13.5. The van der Waals surface area contributed by atoms with Crippen molar-refractivity contribution >= 4 is 15.9 Å². The third kappa shape index (κ3) is 6.81. The van der Waals surface area contributed by atoms with E-state index in [0.29, 0.717) is 11.7 Å². The first-order valence-electron chi connectivity index (χ1n) is 12.1. The molecule has 0 atom stereocenters. The number of carbonyl (C=O) groups is 1. The van der Waals surface area contributed by atoms with Gasteiger partial charge >= 0.3 is 0 Å². The number of ether oxygens (including phenoxy) is 1. The van der Waals surface area contributed by atoms with Gasteiger partial charge in [0, 0.05) is 19.1 Å². The van der Waals surface area contributed by atoms with Crippen LogP contribution in [0.25, 0.3) is 0 Å². The fourth-order valence-corrected chi connectivity index (χ4v) is 6.10. The Morgan fingerprint density at radius 3 is 2.24 bits per heavy atom. The van der Waals surface area contributed by atoms with Crippen LogP contribution in [0.3, 0.4) is 0 Å². The zero-order valence-electron chi connectivity index (χ0n) is 19.1. The number of hydrogen-bond acceptors (Lipinski definition) is 4. The van der Waals surface area contributed by atoms with Crippen LogP contribution in [0.4, 0.5) is 0 Å². The summed E-state index contributed by atoms with van der Waals surface area (Å²) in [7, 11) is -3.53. The Kier molecular flexibility index (Phi) is 8.04. The lowest BCUT2D eigenvalue weighted by Crippen LogP contribution is -2.41. The summed E-state index contributed by atoms with van der Waals surface area (Å²) in [6.07, 6.45) is 8.16. The Morgan fingerprint density at radius 2 is 1.58 bits per heavy atom. The quantitative estimate of drug-likeness (QED) is 0.629. The van der Waals surface area contributed by atoms with Crippen LogP contribution in [0, 0.1) is 5.92 Å². The standard InChI is InChI=1S/C26H34N2O4S/c29-26(28-17-15-22(16-18-28)19-21-7-3-1-4-8-21)20-32-24-11-13-25(14-12-24)33(30,31)27-23-9-5-2-6-10-23/h1,3-4,7-8,11-14,22-23,27H,2,5-6,9-10,15-20H2. The largest absolute Gasteiger partial charge is 0.484 e. The van der Waals surface area contributed by atoms with Crippen molar-refractivity contribution in [3.05, 3.63) is 60.2 Å². The summed E-state index contributed by atoms with van der Waals surface area (Å²) in [5, 5.41) is 0. The van der Waals surface area contributed by atoms with Crippen LogP contribution in [-0.2, 0) is 21.2 Å². The van der Waals surface area contributed by atoms with Crippen LogP contribution in [0.2, 0.25) is 0 Å². The van der Waals surface area contributed by atoms with E-state index in [1.807, 2.05) is 11.0 Å². The number of amides is 1. The summed E-state index contributed by atoms with van der Waals surface area (Å²) in [6, 6.07) is 16.8. The van der Waals surface area contributed by atoms with E-state index in [1.165, 1.54) is 12.0 Å². The lowest BCUT2D eigenvalue weighted by molar-refractivity contribution is -0.134. The molecular weight excluding hydrogens is 436 g/mol. The van der Waals surface area contributed by atoms with E-state index in [0.717, 1.165) is 58.0 Å². The number of hydrogen-bond donors (Lipinski definition) is 1. The molecule has 2 aliphatic rings. The van der Waals surface area contributed by atoms with Crippen LogP contribution in [0.15, 0.2) is 59.5 Å². The van der Waals surface area contributed by atoms with Crippen molar-refractivity contribution in [2.24, 2.45) is 5.92 Å². The van der Waals surface area contributed by atoms with Gasteiger partial charge < -0.3 is 9.64 Å². The summed E-state index contributed by atoms with van der Waals surface area (Å²) >= 11 is 0. The highest BCUT2D eigenvalue weighted by molar-refractivity contribution is 7.89. The number of benzene rings is 2. The van der Waals surface area contributed by atoms with E-state index >= 15 is 0 Å². The lowest BCUT2D eigenvalue weighted by Gasteiger charge is -2.32. The monoisotopic (exact) mass is 470 g/mol. The molecule has 178 valence electrons. The molecule has 0 bridgehead atoms. The lowest BCUT2D eigenvalue weighted by atomic mass is 9.90. The second-order valence-corrected chi connectivity index (χ2v) is 10.9. The van der Waals surface area contributed by atoms with Crippen LogP contribution in [0.1, 0.15) is 50.5 Å². The average Bonchev–Trinajstić information content (AvgIpc) is 2.84. The van der Waals surface area contributed by atoms with Crippen molar-refractivity contribution in [1.82, 2.24) is 9.62 Å². The third-order valence-electron chi connectivity index (χ3n) is 6.76. The average molecular weight is 471 g/mol. The first-order chi connectivity index (χ1) is 16.0. The molecule has 2 fully saturated rings. The van der Waals surface area contributed by atoms with Crippen molar-refractivity contribution in [3.8, 4) is 5.75 Å². The molecule has 2 aromatic carbocycles. The number of rotatable bonds is 8. The van der Waals surface area contributed by atoms with E-state index in [-0.39, 0.29) is 23.5 Å². The van der Waals surface area contributed by atoms with Gasteiger partial charge in [-0.1, -0.05) is 49.6 Å². The van der Waals surface area contributed by atoms with Crippen molar-refractivity contribution in [2.75, 3.05) is 19.7 Å². The minimum Gasteiger partial charge on any atom is -0.484 e. The van der Waals surface area contributed by atoms with Gasteiger partial charge in [0.2, 0.25) is 10.0 Å². The summed E-state index contributed by atoms with van der Waals surface area (Å²) in [5.74, 6) is 1.08. The predicted octanol–water partition coefficient (Wildman–Crippen LogP) is 4.16. The van der Waals surface area contributed by atoms with Crippen molar-refractivity contribution in [1.29, 1.82) is 0 Å². The Hall–Kier alpha value is -2.38. The number of nitrogens with zero attached hydrogens (tertiary/aromatic N) is 1. The molecule has 0 radical (unpaired) electrons. The molecule has 1 saturated heterocycles. The maximum atomic E-state index is 12.6. The second-order valence-electron chi connectivity index (χ2n) is 9.23. The van der Waals surface area contributed by atoms with E-state index in [4.69, 9.17) is 4.74 Å². The Labute approximate surface area is 197 Å². The number of likely N-dealkylation sites (tertiary alicyclic amines) is 1. The normalized spacial score (nSPS) is 18.2. The van der Waals surface area contributed by atoms with E-state index in [1.54, 1.807) is 24.3 Å². The number of piperidine rings is 1. The van der Waals surface area contributed by atoms with Crippen LogP contribution >= 0.6 is 0 Å². The second kappa shape index (κ2) is 11.2. The van der Waals surface area contributed by atoms with Crippen LogP contribution < -0.4 is 9.46 Å². The summed E-state index contributed by atoms with van der Waals surface area (Å²) in [4.78, 5) is 14.7. The fraction of sp³-hybridized carbons (Fsp3) is 0.500. The van der Waals surface area contributed by atoms with Gasteiger partial charge in [0.1, 0.15) is 5.75 Å². The topological polar surface area (TPSA) is 75.7 Å². The molecule has 33 heavy (non-hydrogen) atoms. The number of carbonyl (C=O) groups excluding carboxylic acids is 1. The summed E-state index contributed by atoms with van der Waals surface area (Å²) < 4.78 is 33.7. The maximum absolute atomic E-state index is 12.6. The van der Waals surface area contributed by atoms with Crippen molar-refractivity contribution in [2.45, 2.75) is 62.3 Å². The molecule has 7 heteroatoms.